The zero-order valence-corrected chi connectivity index (χ0v) is 79.5. The fourth-order valence-electron chi connectivity index (χ4n) is 21.8. The number of hydrogen-bond donors (Lipinski definition) is 0. The lowest BCUT2D eigenvalue weighted by Crippen LogP contribution is -2.06. The maximum absolute atomic E-state index is 5.22. The average molecular weight is 1900 g/mol. The molecule has 30 aromatic rings. The molecule has 12 heterocycles. The second kappa shape index (κ2) is 36.0. The van der Waals surface area contributed by atoms with E-state index in [9.17, 15) is 0 Å². The molecule has 0 amide bonds. The molecule has 17 heteroatoms. The van der Waals surface area contributed by atoms with Crippen LogP contribution in [-0.4, -0.2) is 82.2 Å². The van der Waals surface area contributed by atoms with Crippen LogP contribution in [0.2, 0.25) is 0 Å². The number of rotatable bonds is 14. The molecule has 0 aliphatic heterocycles. The summed E-state index contributed by atoms with van der Waals surface area (Å²) >= 11 is 0. The highest BCUT2D eigenvalue weighted by molar-refractivity contribution is 6.21. The van der Waals surface area contributed by atoms with Gasteiger partial charge in [-0.2, -0.15) is 19.9 Å². The van der Waals surface area contributed by atoms with E-state index < -0.39 is 0 Å². The van der Waals surface area contributed by atoms with E-state index >= 15 is 0 Å². The van der Waals surface area contributed by atoms with Crippen molar-refractivity contribution in [3.05, 3.63) is 504 Å². The molecule has 0 atom stereocenters. The Morgan fingerprint density at radius 2 is 0.405 bits per heavy atom. The highest BCUT2D eigenvalue weighted by atomic mass is 15.2. The lowest BCUT2D eigenvalue weighted by molar-refractivity contribution is 0.953. The van der Waals surface area contributed by atoms with Gasteiger partial charge in [0.15, 0.2) is 23.3 Å². The third kappa shape index (κ3) is 14.6. The molecule has 17 nitrogen and oxygen atoms in total. The third-order valence-electron chi connectivity index (χ3n) is 28.2. The van der Waals surface area contributed by atoms with Gasteiger partial charge in [-0.3, -0.25) is 28.7 Å². The summed E-state index contributed by atoms with van der Waals surface area (Å²) in [6.07, 6.45) is 5.62. The minimum absolute atomic E-state index is 0.576. The monoisotopic (exact) mass is 1890 g/mol. The fraction of sp³-hybridized carbons (Fsp3) is 0. The lowest BCUT2D eigenvalue weighted by Gasteiger charge is -2.12. The maximum atomic E-state index is 5.22. The Morgan fingerprint density at radius 3 is 0.770 bits per heavy atom. The Kier molecular flexibility index (Phi) is 20.8. The highest BCUT2D eigenvalue weighted by Gasteiger charge is 2.28. The fourth-order valence-corrected chi connectivity index (χ4v) is 21.8. The molecule has 18 aromatic carbocycles. The lowest BCUT2D eigenvalue weighted by atomic mass is 9.98. The van der Waals surface area contributed by atoms with E-state index in [4.69, 9.17) is 54.8 Å². The van der Waals surface area contributed by atoms with Crippen molar-refractivity contribution in [2.75, 3.05) is 0 Å². The number of para-hydroxylation sites is 7. The van der Waals surface area contributed by atoms with Gasteiger partial charge in [0, 0.05) is 117 Å². The standard InChI is InChI=1S/2C44H28N6.C43H27N5/c2*1-4-14-29(15-5-1)42-46-43(30-16-6-2-7-17-30)48-44(47-42)50-36-22-11-10-20-34(36)40-33(21-12-23-38(40)50)31-25-26-37-35(28-31)41-39(24-13-27-45-41)49(37)32-18-8-3-9-19-32;1-3-13-28(14-4-1)41-32-17-7-9-20-35(32)45-43(46-41)48-37-25-24-29(27-34(37)42-39(48)23-12-26-44-42)31-19-11-22-38-40(31)33-18-8-10-21-36(33)47(38)30-15-5-2-6-16-30/h2*1-28H;1-27H. The van der Waals surface area contributed by atoms with E-state index in [1.165, 1.54) is 27.4 Å². The summed E-state index contributed by atoms with van der Waals surface area (Å²) < 4.78 is 13.5. The van der Waals surface area contributed by atoms with E-state index in [1.54, 1.807) is 0 Å². The predicted octanol–water partition coefficient (Wildman–Crippen LogP) is 31.5. The molecule has 0 spiro atoms. The van der Waals surface area contributed by atoms with Gasteiger partial charge in [0.25, 0.3) is 0 Å². The van der Waals surface area contributed by atoms with E-state index in [-0.39, 0.29) is 0 Å². The Morgan fingerprint density at radius 1 is 0.149 bits per heavy atom. The smallest absolute Gasteiger partial charge is 0.238 e. The molecule has 12 aromatic heterocycles. The number of hydrogen-bond acceptors (Lipinski definition) is 11. The van der Waals surface area contributed by atoms with Gasteiger partial charge in [0.05, 0.1) is 94.0 Å². The Hall–Kier alpha value is -20.4. The molecule has 0 bridgehead atoms. The van der Waals surface area contributed by atoms with Gasteiger partial charge in [-0.15, -0.1) is 0 Å². The van der Waals surface area contributed by atoms with Gasteiger partial charge in [0.2, 0.25) is 17.8 Å². The van der Waals surface area contributed by atoms with Crippen LogP contribution in [0.5, 0.6) is 0 Å². The van der Waals surface area contributed by atoms with Gasteiger partial charge in [-0.05, 0) is 185 Å². The summed E-state index contributed by atoms with van der Waals surface area (Å²) in [5.74, 6) is 4.29. The minimum atomic E-state index is 0.576. The largest absolute Gasteiger partial charge is 0.309 e. The first-order valence-electron chi connectivity index (χ1n) is 49.5. The summed E-state index contributed by atoms with van der Waals surface area (Å²) in [4.78, 5) is 55.3. The molecule has 30 rings (SSSR count). The van der Waals surface area contributed by atoms with Gasteiger partial charge in [0.1, 0.15) is 0 Å². The SMILES string of the molecule is c1ccc(-c2nc(-c3ccccc3)nc(-n3c4ccccc4c4c(-c5ccc6c(c5)c5ncccc5n6-c5ccccc5)cccc43)n2)cc1.c1ccc(-c2nc(-c3ccccc3)nc(-n3c4ccccc4c4c(-c5ccc6c(c5)c5ncccc5n6-c5ccccc5)cccc43)n2)cc1.c1ccc(-c2nc(-n3c4ccc(-c5cccc6c5c5ccccc5n6-c5ccccc5)cc4c4ncccc43)nc3ccccc23)cc1. The van der Waals surface area contributed by atoms with Crippen molar-refractivity contribution < 1.29 is 0 Å². The zero-order valence-electron chi connectivity index (χ0n) is 79.5. The van der Waals surface area contributed by atoms with Gasteiger partial charge in [-0.1, -0.05) is 334 Å². The van der Waals surface area contributed by atoms with Crippen LogP contribution in [0.25, 0.3) is 267 Å². The first kappa shape index (κ1) is 85.5. The van der Waals surface area contributed by atoms with Crippen molar-refractivity contribution in [2.45, 2.75) is 0 Å². The normalized spacial score (nSPS) is 11.6. The zero-order chi connectivity index (χ0) is 97.6. The summed E-state index contributed by atoms with van der Waals surface area (Å²) in [6.45, 7) is 0. The molecule has 0 saturated carbocycles. The molecule has 0 aliphatic carbocycles. The Balaban J connectivity index is 0.000000107. The number of aromatic nitrogens is 17. The van der Waals surface area contributed by atoms with E-state index in [0.29, 0.717) is 41.1 Å². The van der Waals surface area contributed by atoms with Crippen molar-refractivity contribution in [3.63, 3.8) is 0 Å². The van der Waals surface area contributed by atoms with Crippen molar-refractivity contribution in [3.8, 4) is 125 Å². The van der Waals surface area contributed by atoms with Crippen molar-refractivity contribution >= 4 is 142 Å². The first-order valence-corrected chi connectivity index (χ1v) is 49.5. The third-order valence-corrected chi connectivity index (χ3v) is 28.2. The second-order valence-corrected chi connectivity index (χ2v) is 36.8. The second-order valence-electron chi connectivity index (χ2n) is 36.8. The van der Waals surface area contributed by atoms with Gasteiger partial charge in [-0.25, -0.2) is 19.9 Å². The van der Waals surface area contributed by atoms with Crippen LogP contribution in [0.15, 0.2) is 504 Å². The topological polar surface area (TPSA) is 171 Å². The molecule has 0 radical (unpaired) electrons. The van der Waals surface area contributed by atoms with Crippen molar-refractivity contribution in [1.29, 1.82) is 0 Å². The molecule has 0 N–H and O–H groups in total. The maximum Gasteiger partial charge on any atom is 0.238 e. The molecule has 0 fully saturated rings. The van der Waals surface area contributed by atoms with E-state index in [0.717, 1.165) is 199 Å². The molecule has 692 valence electrons. The summed E-state index contributed by atoms with van der Waals surface area (Å²) in [6, 6.07) is 168. The van der Waals surface area contributed by atoms with Crippen molar-refractivity contribution in [1.82, 2.24) is 82.2 Å². The molecular formula is C131H83N17. The van der Waals surface area contributed by atoms with Crippen LogP contribution in [0, 0.1) is 0 Å². The first-order chi connectivity index (χ1) is 73.5. The summed E-state index contributed by atoms with van der Waals surface area (Å²) in [5, 5.41) is 11.3. The van der Waals surface area contributed by atoms with E-state index in [1.807, 2.05) is 188 Å². The minimum Gasteiger partial charge on any atom is -0.309 e. The summed E-state index contributed by atoms with van der Waals surface area (Å²) in [7, 11) is 0. The quantitative estimate of drug-likeness (QED) is 0.101. The Labute approximate surface area is 847 Å². The van der Waals surface area contributed by atoms with Gasteiger partial charge < -0.3 is 13.7 Å². The molecule has 0 unspecified atom stereocenters. The summed E-state index contributed by atoms with van der Waals surface area (Å²) in [5.41, 5.74) is 32.6. The number of pyridine rings is 3. The molecular weight excluding hydrogens is 1810 g/mol. The molecule has 0 aliphatic rings. The van der Waals surface area contributed by atoms with Crippen LogP contribution in [0.4, 0.5) is 0 Å². The Bertz CT molecular complexity index is 9910. The number of fused-ring (bicyclic) bond motifs is 19. The highest BCUT2D eigenvalue weighted by Crippen LogP contribution is 2.47. The van der Waals surface area contributed by atoms with Crippen LogP contribution in [-0.2, 0) is 0 Å². The average Bonchev–Trinajstić information content (AvgIpc) is 1.57. The van der Waals surface area contributed by atoms with Crippen LogP contribution >= 0.6 is 0 Å². The van der Waals surface area contributed by atoms with Crippen LogP contribution < -0.4 is 0 Å². The molecule has 0 saturated heterocycles. The molecule has 148 heavy (non-hydrogen) atoms. The predicted molar refractivity (Wildman–Crippen MR) is 602 cm³/mol. The number of nitrogens with zero attached hydrogens (tertiary/aromatic N) is 17. The van der Waals surface area contributed by atoms with Crippen LogP contribution in [0.3, 0.4) is 0 Å². The van der Waals surface area contributed by atoms with Crippen molar-refractivity contribution in [2.24, 2.45) is 0 Å². The van der Waals surface area contributed by atoms with Gasteiger partial charge >= 0.3 is 0 Å². The van der Waals surface area contributed by atoms with Crippen LogP contribution in [0.1, 0.15) is 0 Å². The van der Waals surface area contributed by atoms with E-state index in [2.05, 4.69) is 343 Å². The number of benzene rings is 18.